The summed E-state index contributed by atoms with van der Waals surface area (Å²) in [6.07, 6.45) is 4.73. The number of carbonyl (C=O) groups excluding carboxylic acids is 1. The van der Waals surface area contributed by atoms with Crippen LogP contribution in [0.25, 0.3) is 10.8 Å². The van der Waals surface area contributed by atoms with Crippen LogP contribution in [0.3, 0.4) is 0 Å². The third-order valence-electron chi connectivity index (χ3n) is 3.00. The van der Waals surface area contributed by atoms with Crippen LogP contribution in [-0.2, 0) is 11.3 Å². The van der Waals surface area contributed by atoms with Crippen LogP contribution in [0.15, 0.2) is 59.8 Å². The molecule has 104 valence electrons. The van der Waals surface area contributed by atoms with Gasteiger partial charge in [0.2, 0.25) is 5.91 Å². The van der Waals surface area contributed by atoms with E-state index in [1.54, 1.807) is 36.7 Å². The van der Waals surface area contributed by atoms with Gasteiger partial charge in [-0.05, 0) is 18.2 Å². The Morgan fingerprint density at radius 2 is 2.00 bits per heavy atom. The zero-order valence-corrected chi connectivity index (χ0v) is 11.1. The second-order valence-corrected chi connectivity index (χ2v) is 4.48. The summed E-state index contributed by atoms with van der Waals surface area (Å²) in [5.41, 5.74) is 0.297. The van der Waals surface area contributed by atoms with Gasteiger partial charge in [0.25, 0.3) is 5.56 Å². The summed E-state index contributed by atoms with van der Waals surface area (Å²) in [4.78, 5) is 28.1. The Labute approximate surface area is 120 Å². The van der Waals surface area contributed by atoms with E-state index in [1.165, 1.54) is 6.20 Å². The second kappa shape index (κ2) is 5.54. The Morgan fingerprint density at radius 1 is 1.14 bits per heavy atom. The van der Waals surface area contributed by atoms with Gasteiger partial charge in [-0.3, -0.25) is 14.6 Å². The lowest BCUT2D eigenvalue weighted by atomic mass is 10.2. The van der Waals surface area contributed by atoms with Crippen molar-refractivity contribution in [3.63, 3.8) is 0 Å². The summed E-state index contributed by atoms with van der Waals surface area (Å²) in [5.74, 6) is -0.326. The predicted octanol–water partition coefficient (Wildman–Crippen LogP) is 1.43. The van der Waals surface area contributed by atoms with Gasteiger partial charge in [-0.1, -0.05) is 18.2 Å². The number of nitrogens with zero attached hydrogens (tertiary/aromatic N) is 3. The van der Waals surface area contributed by atoms with Crippen molar-refractivity contribution < 1.29 is 4.79 Å². The molecule has 1 N–H and O–H groups in total. The minimum absolute atomic E-state index is 0.140. The maximum atomic E-state index is 12.2. The maximum absolute atomic E-state index is 12.2. The third-order valence-corrected chi connectivity index (χ3v) is 3.00. The Morgan fingerprint density at radius 3 is 2.81 bits per heavy atom. The summed E-state index contributed by atoms with van der Waals surface area (Å²) >= 11 is 0. The lowest BCUT2D eigenvalue weighted by Gasteiger charge is -2.07. The Hall–Kier alpha value is -3.02. The Bertz CT molecular complexity index is 843. The monoisotopic (exact) mass is 280 g/mol. The number of hydrogen-bond donors (Lipinski definition) is 1. The van der Waals surface area contributed by atoms with Crippen LogP contribution in [-0.4, -0.2) is 20.7 Å². The number of rotatable bonds is 3. The van der Waals surface area contributed by atoms with Crippen molar-refractivity contribution in [3.8, 4) is 0 Å². The van der Waals surface area contributed by atoms with Crippen LogP contribution in [0.2, 0.25) is 0 Å². The minimum Gasteiger partial charge on any atom is -0.323 e. The highest BCUT2D eigenvalue weighted by Crippen LogP contribution is 2.06. The first kappa shape index (κ1) is 13.0. The van der Waals surface area contributed by atoms with E-state index < -0.39 is 0 Å². The quantitative estimate of drug-likeness (QED) is 0.787. The van der Waals surface area contributed by atoms with E-state index in [0.717, 1.165) is 10.1 Å². The number of amides is 1. The molecule has 3 aromatic rings. The van der Waals surface area contributed by atoms with Gasteiger partial charge in [0.05, 0.1) is 23.5 Å². The van der Waals surface area contributed by atoms with Crippen molar-refractivity contribution in [1.82, 2.24) is 14.8 Å². The van der Waals surface area contributed by atoms with Gasteiger partial charge in [0.1, 0.15) is 6.54 Å². The molecule has 0 radical (unpaired) electrons. The molecule has 6 nitrogen and oxygen atoms in total. The van der Waals surface area contributed by atoms with E-state index in [1.807, 2.05) is 12.1 Å². The van der Waals surface area contributed by atoms with Crippen LogP contribution in [0.4, 0.5) is 5.69 Å². The van der Waals surface area contributed by atoms with Gasteiger partial charge >= 0.3 is 0 Å². The number of aromatic nitrogens is 3. The third kappa shape index (κ3) is 2.79. The molecule has 0 bridgehead atoms. The molecule has 0 aliphatic heterocycles. The number of hydrogen-bond acceptors (Lipinski definition) is 4. The maximum Gasteiger partial charge on any atom is 0.275 e. The zero-order valence-electron chi connectivity index (χ0n) is 11.1. The highest BCUT2D eigenvalue weighted by molar-refractivity contribution is 5.90. The SMILES string of the molecule is O=C(Cn1ncc2ccccc2c1=O)Nc1cccnc1. The van der Waals surface area contributed by atoms with Gasteiger partial charge in [0.15, 0.2) is 0 Å². The molecule has 0 aliphatic rings. The van der Waals surface area contributed by atoms with Crippen molar-refractivity contribution in [2.45, 2.75) is 6.54 Å². The minimum atomic E-state index is -0.326. The summed E-state index contributed by atoms with van der Waals surface area (Å²) in [6, 6.07) is 10.6. The molecule has 0 saturated carbocycles. The second-order valence-electron chi connectivity index (χ2n) is 4.48. The molecule has 0 aliphatic carbocycles. The van der Waals surface area contributed by atoms with E-state index in [0.29, 0.717) is 11.1 Å². The van der Waals surface area contributed by atoms with Crippen LogP contribution in [0, 0.1) is 0 Å². The molecule has 0 unspecified atom stereocenters. The smallest absolute Gasteiger partial charge is 0.275 e. The molecule has 1 amide bonds. The van der Waals surface area contributed by atoms with Crippen LogP contribution >= 0.6 is 0 Å². The lowest BCUT2D eigenvalue weighted by molar-refractivity contribution is -0.117. The van der Waals surface area contributed by atoms with Gasteiger partial charge < -0.3 is 5.32 Å². The number of fused-ring (bicyclic) bond motifs is 1. The van der Waals surface area contributed by atoms with E-state index in [2.05, 4.69) is 15.4 Å². The van der Waals surface area contributed by atoms with Crippen LogP contribution in [0.1, 0.15) is 0 Å². The Balaban J connectivity index is 1.83. The fourth-order valence-corrected chi connectivity index (χ4v) is 2.01. The topological polar surface area (TPSA) is 76.9 Å². The standard InChI is InChI=1S/C15H12N4O2/c20-14(18-12-5-3-7-16-9-12)10-19-15(21)13-6-2-1-4-11(13)8-17-19/h1-9H,10H2,(H,18,20). The normalized spacial score (nSPS) is 10.5. The number of anilines is 1. The van der Waals surface area contributed by atoms with Crippen LogP contribution < -0.4 is 10.9 Å². The molecule has 0 saturated heterocycles. The van der Waals surface area contributed by atoms with Crippen molar-refractivity contribution in [1.29, 1.82) is 0 Å². The largest absolute Gasteiger partial charge is 0.323 e. The van der Waals surface area contributed by atoms with E-state index >= 15 is 0 Å². The van der Waals surface area contributed by atoms with E-state index in [-0.39, 0.29) is 18.0 Å². The fourth-order valence-electron chi connectivity index (χ4n) is 2.01. The molecule has 0 atom stereocenters. The molecule has 2 heterocycles. The number of pyridine rings is 1. The Kier molecular flexibility index (Phi) is 3.42. The number of benzene rings is 1. The fraction of sp³-hybridized carbons (Fsp3) is 0.0667. The highest BCUT2D eigenvalue weighted by Gasteiger charge is 2.08. The number of carbonyl (C=O) groups is 1. The molecule has 0 spiro atoms. The first-order chi connectivity index (χ1) is 10.2. The molecule has 2 aromatic heterocycles. The van der Waals surface area contributed by atoms with Crippen molar-refractivity contribution in [3.05, 3.63) is 65.3 Å². The zero-order chi connectivity index (χ0) is 14.7. The van der Waals surface area contributed by atoms with Crippen molar-refractivity contribution in [2.24, 2.45) is 0 Å². The summed E-state index contributed by atoms with van der Waals surface area (Å²) < 4.78 is 1.15. The van der Waals surface area contributed by atoms with Crippen molar-refractivity contribution >= 4 is 22.4 Å². The van der Waals surface area contributed by atoms with Crippen LogP contribution in [0.5, 0.6) is 0 Å². The van der Waals surface area contributed by atoms with Gasteiger partial charge in [0, 0.05) is 11.6 Å². The first-order valence-corrected chi connectivity index (χ1v) is 6.39. The molecular weight excluding hydrogens is 268 g/mol. The molecular formula is C15H12N4O2. The first-order valence-electron chi connectivity index (χ1n) is 6.39. The lowest BCUT2D eigenvalue weighted by Crippen LogP contribution is -2.29. The molecule has 21 heavy (non-hydrogen) atoms. The summed E-state index contributed by atoms with van der Waals surface area (Å²) in [5, 5.41) is 7.98. The summed E-state index contributed by atoms with van der Waals surface area (Å²) in [7, 11) is 0. The van der Waals surface area contributed by atoms with Crippen molar-refractivity contribution in [2.75, 3.05) is 5.32 Å². The molecule has 0 fully saturated rings. The predicted molar refractivity (Wildman–Crippen MR) is 78.9 cm³/mol. The van der Waals surface area contributed by atoms with E-state index in [4.69, 9.17) is 0 Å². The molecule has 3 rings (SSSR count). The van der Waals surface area contributed by atoms with Gasteiger partial charge in [-0.25, -0.2) is 4.68 Å². The highest BCUT2D eigenvalue weighted by atomic mass is 16.2. The molecule has 6 heteroatoms. The molecule has 1 aromatic carbocycles. The average molecular weight is 280 g/mol. The average Bonchev–Trinajstić information content (AvgIpc) is 2.51. The number of nitrogens with one attached hydrogen (secondary N) is 1. The summed E-state index contributed by atoms with van der Waals surface area (Å²) in [6.45, 7) is -0.140. The van der Waals surface area contributed by atoms with E-state index in [9.17, 15) is 9.59 Å². The van der Waals surface area contributed by atoms with Gasteiger partial charge in [-0.2, -0.15) is 5.10 Å². The van der Waals surface area contributed by atoms with Gasteiger partial charge in [-0.15, -0.1) is 0 Å².